The molecule has 0 bridgehead atoms. The second kappa shape index (κ2) is 5.82. The highest BCUT2D eigenvalue weighted by Gasteiger charge is 2.12. The summed E-state index contributed by atoms with van der Waals surface area (Å²) in [7, 11) is 0. The largest absolute Gasteiger partial charge is 0.348 e. The van der Waals surface area contributed by atoms with Crippen molar-refractivity contribution < 1.29 is 9.47 Å². The average Bonchev–Trinajstić information content (AvgIpc) is 2.51. The monoisotopic (exact) mass is 236 g/mol. The van der Waals surface area contributed by atoms with Gasteiger partial charge in [0.05, 0.1) is 4.88 Å². The fourth-order valence-electron chi connectivity index (χ4n) is 0.869. The summed E-state index contributed by atoms with van der Waals surface area (Å²) < 4.78 is 11.8. The number of rotatable bonds is 5. The number of hydrogen-bond donors (Lipinski definition) is 0. The van der Waals surface area contributed by atoms with Gasteiger partial charge >= 0.3 is 0 Å². The Labute approximate surface area is 91.1 Å². The highest BCUT2D eigenvalue weighted by atomic mass is 32.2. The molecule has 0 radical (unpaired) electrons. The molecule has 74 valence electrons. The van der Waals surface area contributed by atoms with Gasteiger partial charge < -0.3 is 9.47 Å². The zero-order chi connectivity index (χ0) is 9.68. The van der Waals surface area contributed by atoms with Crippen LogP contribution in [0.1, 0.15) is 25.0 Å². The molecule has 0 aliphatic heterocycles. The summed E-state index contributed by atoms with van der Waals surface area (Å²) in [6.07, 6.45) is -0.229. The van der Waals surface area contributed by atoms with E-state index in [1.807, 2.05) is 19.2 Å². The van der Waals surface area contributed by atoms with E-state index in [0.717, 1.165) is 8.01 Å². The Morgan fingerprint density at radius 2 is 2.00 bits per heavy atom. The number of ether oxygens (including phenoxy) is 2. The SMILES string of the molecule is CCOC(OCC)c1csc(=S)s1. The number of hydrogen-bond acceptors (Lipinski definition) is 5. The summed E-state index contributed by atoms with van der Waals surface area (Å²) in [5.74, 6) is 0. The first-order chi connectivity index (χ1) is 6.27. The Morgan fingerprint density at radius 1 is 1.38 bits per heavy atom. The van der Waals surface area contributed by atoms with Crippen LogP contribution in [0.15, 0.2) is 5.38 Å². The van der Waals surface area contributed by atoms with Crippen LogP contribution < -0.4 is 0 Å². The molecule has 0 aliphatic rings. The van der Waals surface area contributed by atoms with Crippen molar-refractivity contribution in [2.75, 3.05) is 13.2 Å². The van der Waals surface area contributed by atoms with Crippen molar-refractivity contribution in [1.29, 1.82) is 0 Å². The quantitative estimate of drug-likeness (QED) is 0.575. The van der Waals surface area contributed by atoms with Crippen LogP contribution in [-0.4, -0.2) is 13.2 Å². The normalized spacial score (nSPS) is 11.0. The Hall–Kier alpha value is 0.190. The summed E-state index contributed by atoms with van der Waals surface area (Å²) >= 11 is 8.16. The lowest BCUT2D eigenvalue weighted by atomic mass is 10.5. The third kappa shape index (κ3) is 3.44. The molecule has 1 aromatic heterocycles. The highest BCUT2D eigenvalue weighted by Crippen LogP contribution is 2.27. The molecule has 0 fully saturated rings. The molecule has 0 N–H and O–H groups in total. The maximum atomic E-state index is 5.43. The van der Waals surface area contributed by atoms with E-state index in [1.165, 1.54) is 0 Å². The Morgan fingerprint density at radius 3 is 2.38 bits per heavy atom. The third-order valence-corrected chi connectivity index (χ3v) is 3.84. The van der Waals surface area contributed by atoms with Gasteiger partial charge in [-0.05, 0) is 13.8 Å². The summed E-state index contributed by atoms with van der Waals surface area (Å²) in [5.41, 5.74) is 0. The van der Waals surface area contributed by atoms with Gasteiger partial charge in [0, 0.05) is 18.6 Å². The van der Waals surface area contributed by atoms with E-state index >= 15 is 0 Å². The molecule has 0 aromatic carbocycles. The van der Waals surface area contributed by atoms with E-state index in [0.29, 0.717) is 13.2 Å². The molecule has 0 saturated heterocycles. The molecular formula is C8H12O2S3. The molecule has 1 aromatic rings. The Balaban J connectivity index is 2.69. The minimum absolute atomic E-state index is 0.229. The first-order valence-electron chi connectivity index (χ1n) is 4.09. The van der Waals surface area contributed by atoms with Crippen LogP contribution in [-0.2, 0) is 9.47 Å². The zero-order valence-corrected chi connectivity index (χ0v) is 10.1. The summed E-state index contributed by atoms with van der Waals surface area (Å²) in [6.45, 7) is 5.22. The first kappa shape index (κ1) is 11.3. The topological polar surface area (TPSA) is 18.5 Å². The molecule has 0 atom stereocenters. The lowest BCUT2D eigenvalue weighted by Crippen LogP contribution is -2.06. The van der Waals surface area contributed by atoms with Crippen LogP contribution in [0, 0.1) is 3.14 Å². The van der Waals surface area contributed by atoms with Crippen LogP contribution in [0.3, 0.4) is 0 Å². The molecule has 0 aliphatic carbocycles. The smallest absolute Gasteiger partial charge is 0.193 e. The van der Waals surface area contributed by atoms with Crippen molar-refractivity contribution in [2.45, 2.75) is 20.1 Å². The van der Waals surface area contributed by atoms with Gasteiger partial charge in [-0.3, -0.25) is 0 Å². The molecule has 0 spiro atoms. The molecular weight excluding hydrogens is 224 g/mol. The van der Waals surface area contributed by atoms with Crippen molar-refractivity contribution in [2.24, 2.45) is 0 Å². The van der Waals surface area contributed by atoms with Gasteiger partial charge in [-0.15, -0.1) is 22.7 Å². The van der Waals surface area contributed by atoms with Crippen LogP contribution in [0.2, 0.25) is 0 Å². The van der Waals surface area contributed by atoms with Gasteiger partial charge in [-0.25, -0.2) is 0 Å². The molecule has 1 heterocycles. The van der Waals surface area contributed by atoms with E-state index < -0.39 is 0 Å². The van der Waals surface area contributed by atoms with E-state index in [9.17, 15) is 0 Å². The molecule has 0 unspecified atom stereocenters. The predicted molar refractivity (Wildman–Crippen MR) is 59.0 cm³/mol. The van der Waals surface area contributed by atoms with Crippen LogP contribution in [0.4, 0.5) is 0 Å². The van der Waals surface area contributed by atoms with E-state index in [2.05, 4.69) is 0 Å². The second-order valence-electron chi connectivity index (χ2n) is 2.23. The lowest BCUT2D eigenvalue weighted by molar-refractivity contribution is -0.138. The summed E-state index contributed by atoms with van der Waals surface area (Å²) in [6, 6.07) is 0. The maximum absolute atomic E-state index is 5.43. The van der Waals surface area contributed by atoms with Gasteiger partial charge in [0.1, 0.15) is 3.14 Å². The molecule has 13 heavy (non-hydrogen) atoms. The van der Waals surface area contributed by atoms with E-state index in [-0.39, 0.29) is 6.29 Å². The third-order valence-electron chi connectivity index (χ3n) is 1.34. The first-order valence-corrected chi connectivity index (χ1v) is 6.20. The summed E-state index contributed by atoms with van der Waals surface area (Å²) in [4.78, 5) is 1.07. The van der Waals surface area contributed by atoms with Gasteiger partial charge in [-0.2, -0.15) is 0 Å². The predicted octanol–water partition coefficient (Wildman–Crippen LogP) is 3.61. The molecule has 5 heteroatoms. The highest BCUT2D eigenvalue weighted by molar-refractivity contribution is 7.76. The molecule has 2 nitrogen and oxygen atoms in total. The summed E-state index contributed by atoms with van der Waals surface area (Å²) in [5, 5.41) is 2.00. The second-order valence-corrected chi connectivity index (χ2v) is 5.38. The molecule has 0 saturated carbocycles. The van der Waals surface area contributed by atoms with Crippen LogP contribution >= 0.6 is 34.9 Å². The van der Waals surface area contributed by atoms with Gasteiger partial charge in [0.15, 0.2) is 6.29 Å². The van der Waals surface area contributed by atoms with E-state index in [1.54, 1.807) is 22.7 Å². The molecule has 0 amide bonds. The van der Waals surface area contributed by atoms with Crippen molar-refractivity contribution in [3.63, 3.8) is 0 Å². The fourth-order valence-corrected chi connectivity index (χ4v) is 3.01. The van der Waals surface area contributed by atoms with Crippen molar-refractivity contribution in [1.82, 2.24) is 0 Å². The zero-order valence-electron chi connectivity index (χ0n) is 7.61. The van der Waals surface area contributed by atoms with Crippen LogP contribution in [0.25, 0.3) is 0 Å². The Bertz CT molecular complexity index is 286. The average molecular weight is 236 g/mol. The van der Waals surface area contributed by atoms with Gasteiger partial charge in [-0.1, -0.05) is 12.2 Å². The Kier molecular flexibility index (Phi) is 5.05. The minimum Gasteiger partial charge on any atom is -0.348 e. The standard InChI is InChI=1S/C8H12O2S3/c1-3-9-7(10-4-2)6-5-12-8(11)13-6/h5,7H,3-4H2,1-2H3. The lowest BCUT2D eigenvalue weighted by Gasteiger charge is -2.14. The van der Waals surface area contributed by atoms with Crippen molar-refractivity contribution in [3.05, 3.63) is 13.4 Å². The van der Waals surface area contributed by atoms with Crippen molar-refractivity contribution >= 4 is 34.9 Å². The minimum atomic E-state index is -0.229. The maximum Gasteiger partial charge on any atom is 0.193 e. The molecule has 1 rings (SSSR count). The van der Waals surface area contributed by atoms with Crippen molar-refractivity contribution in [3.8, 4) is 0 Å². The van der Waals surface area contributed by atoms with Gasteiger partial charge in [0.2, 0.25) is 0 Å². The van der Waals surface area contributed by atoms with Crippen LogP contribution in [0.5, 0.6) is 0 Å². The fraction of sp³-hybridized carbons (Fsp3) is 0.625. The van der Waals surface area contributed by atoms with Gasteiger partial charge in [0.25, 0.3) is 0 Å². The van der Waals surface area contributed by atoms with E-state index in [4.69, 9.17) is 21.7 Å².